The molecule has 2 aromatic rings. The number of nitrogens with two attached hydrogens (primary N) is 2. The third kappa shape index (κ3) is 8.09. The number of hydrogen-bond acceptors (Lipinski definition) is 6. The summed E-state index contributed by atoms with van der Waals surface area (Å²) >= 11 is 0. The van der Waals surface area contributed by atoms with Gasteiger partial charge in [-0.2, -0.15) is 18.3 Å². The van der Waals surface area contributed by atoms with E-state index in [1.54, 1.807) is 5.32 Å². The number of aryl methyl sites for hydroxylation is 1. The predicted molar refractivity (Wildman–Crippen MR) is 114 cm³/mol. The molecular weight excluding hydrogens is 427 g/mol. The Labute approximate surface area is 182 Å². The van der Waals surface area contributed by atoms with Crippen molar-refractivity contribution in [3.8, 4) is 5.75 Å². The summed E-state index contributed by atoms with van der Waals surface area (Å²) in [5.41, 5.74) is 6.09. The maximum atomic E-state index is 12.4. The number of hydrazone groups is 1. The molecule has 0 unspecified atom stereocenters. The Hall–Kier alpha value is -3.89. The molecule has 32 heavy (non-hydrogen) atoms. The molecule has 0 aliphatic carbocycles. The SMILES string of the molecule is NN=C(C=Nc1ccc(C(=O)NCC(F)(F)F)cc1OCCCc1ccccc1)C(N)=O. The van der Waals surface area contributed by atoms with Crippen LogP contribution < -0.4 is 21.6 Å². The quantitative estimate of drug-likeness (QED) is 0.222. The van der Waals surface area contributed by atoms with Gasteiger partial charge in [0.25, 0.3) is 11.8 Å². The monoisotopic (exact) mass is 449 g/mol. The molecule has 0 atom stereocenters. The molecule has 0 aliphatic rings. The van der Waals surface area contributed by atoms with Gasteiger partial charge < -0.3 is 21.6 Å². The van der Waals surface area contributed by atoms with E-state index in [9.17, 15) is 22.8 Å². The van der Waals surface area contributed by atoms with Gasteiger partial charge in [-0.15, -0.1) is 0 Å². The molecule has 0 saturated heterocycles. The number of alkyl halides is 3. The maximum absolute atomic E-state index is 12.4. The number of ether oxygens (including phenoxy) is 1. The molecule has 2 amide bonds. The van der Waals surface area contributed by atoms with Crippen LogP contribution in [0.3, 0.4) is 0 Å². The number of carbonyl (C=O) groups excluding carboxylic acids is 2. The number of primary amides is 1. The standard InChI is InChI=1S/C21H22F3N5O3/c22-21(23,24)13-28-20(31)15-8-9-16(27-12-17(29-26)19(25)30)18(11-15)32-10-4-7-14-5-2-1-3-6-14/h1-3,5-6,8-9,11-12H,4,7,10,13,26H2,(H2,25,30)(H,28,31). The fourth-order valence-corrected chi connectivity index (χ4v) is 2.55. The fraction of sp³-hybridized carbons (Fsp3) is 0.238. The molecule has 8 nitrogen and oxygen atoms in total. The van der Waals surface area contributed by atoms with Crippen LogP contribution in [0.1, 0.15) is 22.3 Å². The molecule has 0 aromatic heterocycles. The summed E-state index contributed by atoms with van der Waals surface area (Å²) < 4.78 is 42.9. The minimum Gasteiger partial charge on any atom is -0.491 e. The number of nitrogens with zero attached hydrogens (tertiary/aromatic N) is 2. The molecule has 2 aromatic carbocycles. The van der Waals surface area contributed by atoms with Gasteiger partial charge in [0.15, 0.2) is 5.71 Å². The van der Waals surface area contributed by atoms with E-state index < -0.39 is 24.5 Å². The van der Waals surface area contributed by atoms with E-state index in [2.05, 4.69) is 10.1 Å². The Morgan fingerprint density at radius 2 is 1.84 bits per heavy atom. The van der Waals surface area contributed by atoms with E-state index in [1.807, 2.05) is 30.3 Å². The summed E-state index contributed by atoms with van der Waals surface area (Å²) in [6, 6.07) is 13.6. The predicted octanol–water partition coefficient (Wildman–Crippen LogP) is 2.49. The number of amides is 2. The Kier molecular flexibility index (Phi) is 8.75. The normalized spacial score (nSPS) is 12.0. The summed E-state index contributed by atoms with van der Waals surface area (Å²) in [7, 11) is 0. The zero-order valence-electron chi connectivity index (χ0n) is 16.9. The van der Waals surface area contributed by atoms with Crippen LogP contribution in [0.5, 0.6) is 5.75 Å². The van der Waals surface area contributed by atoms with E-state index in [1.165, 1.54) is 18.2 Å². The minimum atomic E-state index is -4.54. The second kappa shape index (κ2) is 11.5. The van der Waals surface area contributed by atoms with Crippen molar-refractivity contribution in [3.05, 3.63) is 59.7 Å². The van der Waals surface area contributed by atoms with Crippen molar-refractivity contribution in [2.45, 2.75) is 19.0 Å². The first-order valence-corrected chi connectivity index (χ1v) is 9.47. The lowest BCUT2D eigenvalue weighted by Crippen LogP contribution is -2.33. The Morgan fingerprint density at radius 1 is 1.12 bits per heavy atom. The van der Waals surface area contributed by atoms with Crippen molar-refractivity contribution in [1.82, 2.24) is 5.32 Å². The van der Waals surface area contributed by atoms with Crippen LogP contribution in [0.15, 0.2) is 58.6 Å². The van der Waals surface area contributed by atoms with E-state index in [4.69, 9.17) is 16.3 Å². The Morgan fingerprint density at radius 3 is 2.47 bits per heavy atom. The molecule has 0 aliphatic heterocycles. The summed E-state index contributed by atoms with van der Waals surface area (Å²) in [4.78, 5) is 27.3. The van der Waals surface area contributed by atoms with Gasteiger partial charge in [-0.1, -0.05) is 30.3 Å². The van der Waals surface area contributed by atoms with E-state index >= 15 is 0 Å². The molecule has 5 N–H and O–H groups in total. The van der Waals surface area contributed by atoms with Gasteiger partial charge in [0.1, 0.15) is 18.0 Å². The van der Waals surface area contributed by atoms with Gasteiger partial charge in [0.2, 0.25) is 0 Å². The first-order chi connectivity index (χ1) is 15.2. The molecule has 0 fully saturated rings. The van der Waals surface area contributed by atoms with Crippen LogP contribution >= 0.6 is 0 Å². The molecule has 0 heterocycles. The highest BCUT2D eigenvalue weighted by molar-refractivity contribution is 6.60. The second-order valence-corrected chi connectivity index (χ2v) is 6.55. The number of hydrogen-bond donors (Lipinski definition) is 3. The number of nitrogens with one attached hydrogen (secondary N) is 1. The maximum Gasteiger partial charge on any atom is 0.405 e. The van der Waals surface area contributed by atoms with Gasteiger partial charge in [0, 0.05) is 5.56 Å². The molecule has 0 saturated carbocycles. The number of rotatable bonds is 10. The van der Waals surface area contributed by atoms with E-state index in [-0.39, 0.29) is 29.3 Å². The van der Waals surface area contributed by atoms with Crippen molar-refractivity contribution in [2.24, 2.45) is 21.7 Å². The van der Waals surface area contributed by atoms with Crippen LogP contribution in [0.25, 0.3) is 0 Å². The minimum absolute atomic E-state index is 0.0473. The molecule has 2 rings (SSSR count). The molecular formula is C21H22F3N5O3. The highest BCUT2D eigenvalue weighted by Gasteiger charge is 2.28. The van der Waals surface area contributed by atoms with Crippen LogP contribution in [0.4, 0.5) is 18.9 Å². The number of carbonyl (C=O) groups is 2. The third-order valence-corrected chi connectivity index (χ3v) is 4.10. The van der Waals surface area contributed by atoms with Gasteiger partial charge in [-0.05, 0) is 36.6 Å². The molecule has 170 valence electrons. The van der Waals surface area contributed by atoms with Gasteiger partial charge in [0.05, 0.1) is 12.8 Å². The first kappa shape index (κ1) is 24.4. The van der Waals surface area contributed by atoms with Crippen molar-refractivity contribution in [3.63, 3.8) is 0 Å². The zero-order chi connectivity index (χ0) is 23.6. The third-order valence-electron chi connectivity index (χ3n) is 4.10. The number of aliphatic imine (C=N–C) groups is 1. The van der Waals surface area contributed by atoms with Crippen molar-refractivity contribution in [2.75, 3.05) is 13.2 Å². The first-order valence-electron chi connectivity index (χ1n) is 9.47. The van der Waals surface area contributed by atoms with Gasteiger partial charge >= 0.3 is 6.18 Å². The Balaban J connectivity index is 2.17. The van der Waals surface area contributed by atoms with E-state index in [0.29, 0.717) is 6.42 Å². The smallest absolute Gasteiger partial charge is 0.405 e. The van der Waals surface area contributed by atoms with Crippen molar-refractivity contribution >= 4 is 29.4 Å². The number of benzene rings is 2. The molecule has 0 radical (unpaired) electrons. The largest absolute Gasteiger partial charge is 0.491 e. The lowest BCUT2D eigenvalue weighted by Gasteiger charge is -2.12. The summed E-state index contributed by atoms with van der Waals surface area (Å²) in [6.45, 7) is -1.22. The molecule has 0 bridgehead atoms. The second-order valence-electron chi connectivity index (χ2n) is 6.55. The van der Waals surface area contributed by atoms with Crippen molar-refractivity contribution in [1.29, 1.82) is 0 Å². The topological polar surface area (TPSA) is 132 Å². The lowest BCUT2D eigenvalue weighted by molar-refractivity contribution is -0.123. The van der Waals surface area contributed by atoms with Crippen molar-refractivity contribution < 1.29 is 27.5 Å². The zero-order valence-corrected chi connectivity index (χ0v) is 16.9. The van der Waals surface area contributed by atoms with Crippen LogP contribution in [0, 0.1) is 0 Å². The summed E-state index contributed by atoms with van der Waals surface area (Å²) in [5, 5.41) is 5.01. The highest BCUT2D eigenvalue weighted by atomic mass is 19.4. The van der Waals surface area contributed by atoms with Crippen LogP contribution in [-0.2, 0) is 11.2 Å². The van der Waals surface area contributed by atoms with Gasteiger partial charge in [-0.25, -0.2) is 0 Å². The highest BCUT2D eigenvalue weighted by Crippen LogP contribution is 2.29. The van der Waals surface area contributed by atoms with Crippen LogP contribution in [0.2, 0.25) is 0 Å². The summed E-state index contributed by atoms with van der Waals surface area (Å²) in [6.07, 6.45) is -2.15. The summed E-state index contributed by atoms with van der Waals surface area (Å²) in [5.74, 6) is 3.39. The fourth-order valence-electron chi connectivity index (χ4n) is 2.55. The molecule has 0 spiro atoms. The average Bonchev–Trinajstić information content (AvgIpc) is 2.76. The Bertz CT molecular complexity index is 992. The lowest BCUT2D eigenvalue weighted by atomic mass is 10.1. The van der Waals surface area contributed by atoms with Gasteiger partial charge in [-0.3, -0.25) is 14.6 Å². The average molecular weight is 449 g/mol. The molecule has 11 heteroatoms. The van der Waals surface area contributed by atoms with Crippen LogP contribution in [-0.4, -0.2) is 43.1 Å². The number of halogens is 3. The van der Waals surface area contributed by atoms with E-state index in [0.717, 1.165) is 18.2 Å².